The predicted molar refractivity (Wildman–Crippen MR) is 137 cm³/mol. The SMILES string of the molecule is Cn1c2c(c3ccccc31)[C@@H](C(=O)NCc1ccccc1)N(Cc1ccccc1Cl)C(=O)CS2. The average molecular weight is 490 g/mol. The van der Waals surface area contributed by atoms with Crippen LogP contribution in [0.1, 0.15) is 22.7 Å². The molecule has 1 aliphatic rings. The van der Waals surface area contributed by atoms with Crippen LogP contribution >= 0.6 is 23.4 Å². The van der Waals surface area contributed by atoms with Crippen molar-refractivity contribution in [2.45, 2.75) is 24.2 Å². The van der Waals surface area contributed by atoms with Crippen LogP contribution in [0.15, 0.2) is 83.9 Å². The molecule has 0 saturated heterocycles. The van der Waals surface area contributed by atoms with Gasteiger partial charge in [0.25, 0.3) is 0 Å². The molecule has 0 bridgehead atoms. The Bertz CT molecular complexity index is 1370. The number of carbonyl (C=O) groups excluding carboxylic acids is 2. The molecule has 172 valence electrons. The number of aryl methyl sites for hydroxylation is 1. The summed E-state index contributed by atoms with van der Waals surface area (Å²) in [5.41, 5.74) is 3.72. The number of halogens is 1. The molecule has 1 N–H and O–H groups in total. The minimum absolute atomic E-state index is 0.0925. The van der Waals surface area contributed by atoms with Crippen LogP contribution in [-0.4, -0.2) is 27.0 Å². The Morgan fingerprint density at radius 3 is 2.53 bits per heavy atom. The first-order valence-corrected chi connectivity index (χ1v) is 12.5. The summed E-state index contributed by atoms with van der Waals surface area (Å²) in [6.07, 6.45) is 0. The van der Waals surface area contributed by atoms with Crippen molar-refractivity contribution in [2.75, 3.05) is 5.75 Å². The number of nitrogens with zero attached hydrogens (tertiary/aromatic N) is 2. The number of thioether (sulfide) groups is 1. The molecule has 0 radical (unpaired) electrons. The number of aromatic nitrogens is 1. The average Bonchev–Trinajstić information content (AvgIpc) is 3.04. The van der Waals surface area contributed by atoms with Crippen LogP contribution in [0.3, 0.4) is 0 Å². The van der Waals surface area contributed by atoms with E-state index in [-0.39, 0.29) is 24.1 Å². The van der Waals surface area contributed by atoms with Crippen LogP contribution in [0, 0.1) is 0 Å². The lowest BCUT2D eigenvalue weighted by Gasteiger charge is -2.30. The van der Waals surface area contributed by atoms with Gasteiger partial charge in [0.05, 0.1) is 10.8 Å². The fraction of sp³-hybridized carbons (Fsp3) is 0.185. The number of benzene rings is 3. The van der Waals surface area contributed by atoms with Crippen molar-refractivity contribution < 1.29 is 9.59 Å². The highest BCUT2D eigenvalue weighted by molar-refractivity contribution is 8.00. The van der Waals surface area contributed by atoms with Crippen LogP contribution in [-0.2, 0) is 29.7 Å². The Hall–Kier alpha value is -3.22. The summed E-state index contributed by atoms with van der Waals surface area (Å²) in [7, 11) is 1.99. The lowest BCUT2D eigenvalue weighted by atomic mass is 10.0. The van der Waals surface area contributed by atoms with E-state index >= 15 is 0 Å². The molecule has 0 spiro atoms. The van der Waals surface area contributed by atoms with Crippen LogP contribution in [0.25, 0.3) is 10.9 Å². The smallest absolute Gasteiger partial charge is 0.247 e. The molecule has 2 amide bonds. The van der Waals surface area contributed by atoms with E-state index in [4.69, 9.17) is 11.6 Å². The van der Waals surface area contributed by atoms with E-state index in [2.05, 4.69) is 9.88 Å². The molecule has 4 aromatic rings. The standard InChI is InChI=1S/C27H24ClN3O2S/c1-30-22-14-8-6-12-20(22)24-25(26(33)29-15-18-9-3-2-4-10-18)31(23(32)17-34-27(24)30)16-19-11-5-7-13-21(19)28/h2-14,25H,15-17H2,1H3,(H,29,33)/t25-/m0/s1. The van der Waals surface area contributed by atoms with Crippen LogP contribution < -0.4 is 5.32 Å². The van der Waals surface area contributed by atoms with Crippen molar-refractivity contribution in [2.24, 2.45) is 7.05 Å². The Kier molecular flexibility index (Phi) is 6.35. The van der Waals surface area contributed by atoms with Gasteiger partial charge in [-0.25, -0.2) is 0 Å². The fourth-order valence-corrected chi connectivity index (χ4v) is 5.79. The predicted octanol–water partition coefficient (Wildman–Crippen LogP) is 5.32. The number of carbonyl (C=O) groups is 2. The molecule has 7 heteroatoms. The molecule has 5 rings (SSSR count). The number of amides is 2. The van der Waals surface area contributed by atoms with E-state index in [9.17, 15) is 9.59 Å². The summed E-state index contributed by atoms with van der Waals surface area (Å²) in [4.78, 5) is 28.9. The van der Waals surface area contributed by atoms with E-state index in [1.165, 1.54) is 11.8 Å². The molecule has 0 aliphatic carbocycles. The van der Waals surface area contributed by atoms with Gasteiger partial charge in [0, 0.05) is 41.6 Å². The van der Waals surface area contributed by atoms with Gasteiger partial charge in [0.2, 0.25) is 11.8 Å². The summed E-state index contributed by atoms with van der Waals surface area (Å²) in [5.74, 6) is -0.0428. The number of hydrogen-bond acceptors (Lipinski definition) is 3. The number of hydrogen-bond donors (Lipinski definition) is 1. The van der Waals surface area contributed by atoms with Crippen molar-refractivity contribution in [1.29, 1.82) is 0 Å². The van der Waals surface area contributed by atoms with E-state index in [0.717, 1.165) is 32.6 Å². The first kappa shape index (κ1) is 22.6. The van der Waals surface area contributed by atoms with E-state index in [1.807, 2.05) is 85.9 Å². The van der Waals surface area contributed by atoms with Gasteiger partial charge in [-0.05, 0) is 23.3 Å². The Labute approximate surface area is 207 Å². The summed E-state index contributed by atoms with van der Waals surface area (Å²) in [6, 6.07) is 24.5. The third-order valence-electron chi connectivity index (χ3n) is 6.18. The molecular formula is C27H24ClN3O2S. The maximum atomic E-state index is 13.8. The lowest BCUT2D eigenvalue weighted by Crippen LogP contribution is -2.43. The van der Waals surface area contributed by atoms with Crippen molar-refractivity contribution in [3.8, 4) is 0 Å². The van der Waals surface area contributed by atoms with Crippen molar-refractivity contribution in [3.63, 3.8) is 0 Å². The zero-order chi connectivity index (χ0) is 23.7. The normalized spacial score (nSPS) is 15.8. The number of fused-ring (bicyclic) bond motifs is 3. The Balaban J connectivity index is 1.60. The Morgan fingerprint density at radius 2 is 1.74 bits per heavy atom. The van der Waals surface area contributed by atoms with Crippen LogP contribution in [0.2, 0.25) is 5.02 Å². The topological polar surface area (TPSA) is 54.3 Å². The fourth-order valence-electron chi connectivity index (χ4n) is 4.49. The summed E-state index contributed by atoms with van der Waals surface area (Å²) >= 11 is 7.93. The molecule has 0 saturated carbocycles. The van der Waals surface area contributed by atoms with Gasteiger partial charge in [-0.15, -0.1) is 0 Å². The summed E-state index contributed by atoms with van der Waals surface area (Å²) in [5, 5.41) is 5.57. The van der Waals surface area contributed by atoms with Crippen LogP contribution in [0.4, 0.5) is 0 Å². The maximum absolute atomic E-state index is 13.8. The minimum atomic E-state index is -0.774. The second-order valence-corrected chi connectivity index (χ2v) is 9.67. The first-order chi connectivity index (χ1) is 16.5. The zero-order valence-corrected chi connectivity index (χ0v) is 20.3. The Morgan fingerprint density at radius 1 is 1.03 bits per heavy atom. The number of nitrogens with one attached hydrogen (secondary N) is 1. The molecule has 0 fully saturated rings. The third kappa shape index (κ3) is 4.19. The maximum Gasteiger partial charge on any atom is 0.247 e. The molecule has 1 aliphatic heterocycles. The molecule has 1 atom stereocenters. The monoisotopic (exact) mass is 489 g/mol. The molecule has 2 heterocycles. The summed E-state index contributed by atoms with van der Waals surface area (Å²) in [6.45, 7) is 0.642. The largest absolute Gasteiger partial charge is 0.350 e. The quantitative estimate of drug-likeness (QED) is 0.412. The van der Waals surface area contributed by atoms with Gasteiger partial charge in [-0.2, -0.15) is 0 Å². The van der Waals surface area contributed by atoms with Gasteiger partial charge in [0.1, 0.15) is 6.04 Å². The first-order valence-electron chi connectivity index (χ1n) is 11.1. The highest BCUT2D eigenvalue weighted by atomic mass is 35.5. The lowest BCUT2D eigenvalue weighted by molar-refractivity contribution is -0.139. The molecule has 0 unspecified atom stereocenters. The van der Waals surface area contributed by atoms with Crippen molar-refractivity contribution >= 4 is 46.1 Å². The second-order valence-electron chi connectivity index (χ2n) is 8.30. The zero-order valence-electron chi connectivity index (χ0n) is 18.7. The van der Waals surface area contributed by atoms with E-state index in [1.54, 1.807) is 4.90 Å². The molecular weight excluding hydrogens is 466 g/mol. The molecule has 3 aromatic carbocycles. The minimum Gasteiger partial charge on any atom is -0.350 e. The molecule has 5 nitrogen and oxygen atoms in total. The van der Waals surface area contributed by atoms with Gasteiger partial charge in [-0.3, -0.25) is 9.59 Å². The molecule has 1 aromatic heterocycles. The van der Waals surface area contributed by atoms with Gasteiger partial charge in [-0.1, -0.05) is 90.1 Å². The number of para-hydroxylation sites is 1. The molecule has 34 heavy (non-hydrogen) atoms. The van der Waals surface area contributed by atoms with Crippen molar-refractivity contribution in [3.05, 3.63) is 101 Å². The van der Waals surface area contributed by atoms with E-state index < -0.39 is 6.04 Å². The summed E-state index contributed by atoms with van der Waals surface area (Å²) < 4.78 is 2.08. The van der Waals surface area contributed by atoms with Gasteiger partial charge >= 0.3 is 0 Å². The second kappa shape index (κ2) is 9.57. The highest BCUT2D eigenvalue weighted by Gasteiger charge is 2.39. The highest BCUT2D eigenvalue weighted by Crippen LogP contribution is 2.42. The van der Waals surface area contributed by atoms with Crippen molar-refractivity contribution in [1.82, 2.24) is 14.8 Å². The van der Waals surface area contributed by atoms with Gasteiger partial charge < -0.3 is 14.8 Å². The number of rotatable bonds is 5. The van der Waals surface area contributed by atoms with Crippen LogP contribution in [0.5, 0.6) is 0 Å². The third-order valence-corrected chi connectivity index (χ3v) is 7.71. The van der Waals surface area contributed by atoms with E-state index in [0.29, 0.717) is 11.6 Å². The van der Waals surface area contributed by atoms with Gasteiger partial charge in [0.15, 0.2) is 0 Å².